The number of hydrogen-bond acceptors (Lipinski definition) is 5. The summed E-state index contributed by atoms with van der Waals surface area (Å²) in [5.41, 5.74) is 2.36. The topological polar surface area (TPSA) is 55.4 Å². The molecule has 0 radical (unpaired) electrons. The molecule has 6 heteroatoms. The highest BCUT2D eigenvalue weighted by Crippen LogP contribution is 2.45. The van der Waals surface area contributed by atoms with E-state index in [1.807, 2.05) is 66.0 Å². The minimum atomic E-state index is -0.931. The van der Waals surface area contributed by atoms with Crippen LogP contribution >= 0.6 is 23.5 Å². The van der Waals surface area contributed by atoms with E-state index >= 15 is 0 Å². The molecule has 0 aromatic heterocycles. The summed E-state index contributed by atoms with van der Waals surface area (Å²) in [7, 11) is 0. The number of thioether (sulfide) groups is 2. The summed E-state index contributed by atoms with van der Waals surface area (Å²) in [5.74, 6) is 1.59. The Balaban J connectivity index is 1.48. The van der Waals surface area contributed by atoms with Crippen LogP contribution in [0.1, 0.15) is 45.0 Å². The molecule has 140 valence electrons. The molecule has 0 bridgehead atoms. The zero-order valence-corrected chi connectivity index (χ0v) is 16.4. The van der Waals surface area contributed by atoms with Gasteiger partial charge in [-0.05, 0) is 30.5 Å². The maximum Gasteiger partial charge on any atom is 0.339 e. The highest BCUT2D eigenvalue weighted by atomic mass is 32.2. The highest BCUT2D eigenvalue weighted by Gasteiger charge is 2.31. The molecule has 1 amide bonds. The molecule has 4 rings (SSSR count). The van der Waals surface area contributed by atoms with E-state index in [1.54, 1.807) is 12.1 Å². The van der Waals surface area contributed by atoms with Crippen molar-refractivity contribution in [3.63, 3.8) is 0 Å². The number of benzene rings is 2. The van der Waals surface area contributed by atoms with Crippen LogP contribution in [0.5, 0.6) is 0 Å². The molecule has 2 aliphatic rings. The van der Waals surface area contributed by atoms with Gasteiger partial charge in [0.2, 0.25) is 6.10 Å². The first-order chi connectivity index (χ1) is 13.2. The van der Waals surface area contributed by atoms with Gasteiger partial charge in [-0.1, -0.05) is 42.5 Å². The standard InChI is InChI=1S/C21H21NO3S2/c23-19(22-17-10-11-17)18(14-4-2-1-3-5-14)25-20(24)15-6-8-16(9-7-15)21-26-12-13-27-21/h1-9,17-18,21H,10-13H2,(H,22,23)/t18-/m0/s1. The van der Waals surface area contributed by atoms with Crippen molar-refractivity contribution >= 4 is 35.4 Å². The molecule has 1 saturated heterocycles. The monoisotopic (exact) mass is 399 g/mol. The molecule has 1 atom stereocenters. The zero-order chi connectivity index (χ0) is 18.6. The van der Waals surface area contributed by atoms with Gasteiger partial charge in [-0.15, -0.1) is 23.5 Å². The van der Waals surface area contributed by atoms with Gasteiger partial charge in [-0.3, -0.25) is 4.79 Å². The summed E-state index contributed by atoms with van der Waals surface area (Å²) < 4.78 is 6.06. The number of hydrogen-bond donors (Lipinski definition) is 1. The third-order valence-electron chi connectivity index (χ3n) is 4.53. The van der Waals surface area contributed by atoms with Crippen molar-refractivity contribution < 1.29 is 14.3 Å². The molecule has 2 fully saturated rings. The van der Waals surface area contributed by atoms with Crippen molar-refractivity contribution in [1.82, 2.24) is 5.32 Å². The van der Waals surface area contributed by atoms with Crippen molar-refractivity contribution in [3.05, 3.63) is 71.3 Å². The third kappa shape index (κ3) is 4.68. The zero-order valence-electron chi connectivity index (χ0n) is 14.8. The lowest BCUT2D eigenvalue weighted by Crippen LogP contribution is -2.33. The molecular formula is C21H21NO3S2. The van der Waals surface area contributed by atoms with Crippen LogP contribution in [0.2, 0.25) is 0 Å². The summed E-state index contributed by atoms with van der Waals surface area (Å²) in [6, 6.07) is 16.9. The Morgan fingerprint density at radius 2 is 1.63 bits per heavy atom. The predicted octanol–water partition coefficient (Wildman–Crippen LogP) is 4.34. The Hall–Kier alpha value is -1.92. The molecule has 27 heavy (non-hydrogen) atoms. The second-order valence-electron chi connectivity index (χ2n) is 6.67. The van der Waals surface area contributed by atoms with Crippen molar-refractivity contribution in [1.29, 1.82) is 0 Å². The number of carbonyl (C=O) groups excluding carboxylic acids is 2. The Morgan fingerprint density at radius 1 is 0.963 bits per heavy atom. The molecule has 1 heterocycles. The lowest BCUT2D eigenvalue weighted by molar-refractivity contribution is -0.130. The van der Waals surface area contributed by atoms with E-state index in [1.165, 1.54) is 5.56 Å². The molecule has 1 aliphatic heterocycles. The van der Waals surface area contributed by atoms with Crippen LogP contribution in [0.15, 0.2) is 54.6 Å². The molecule has 0 unspecified atom stereocenters. The van der Waals surface area contributed by atoms with E-state index in [4.69, 9.17) is 4.74 Å². The van der Waals surface area contributed by atoms with Gasteiger partial charge in [0.15, 0.2) is 0 Å². The summed E-state index contributed by atoms with van der Waals surface area (Å²) in [4.78, 5) is 25.2. The molecular weight excluding hydrogens is 378 g/mol. The number of nitrogens with one attached hydrogen (secondary N) is 1. The Labute approximate surface area is 167 Å². The molecule has 2 aromatic rings. The fourth-order valence-electron chi connectivity index (χ4n) is 2.91. The second-order valence-corrected chi connectivity index (χ2v) is 9.40. The Morgan fingerprint density at radius 3 is 2.26 bits per heavy atom. The summed E-state index contributed by atoms with van der Waals surface area (Å²) >= 11 is 3.85. The maximum atomic E-state index is 12.7. The van der Waals surface area contributed by atoms with Crippen molar-refractivity contribution in [2.45, 2.75) is 29.6 Å². The van der Waals surface area contributed by atoms with E-state index in [0.29, 0.717) is 15.7 Å². The largest absolute Gasteiger partial charge is 0.444 e. The predicted molar refractivity (Wildman–Crippen MR) is 110 cm³/mol. The lowest BCUT2D eigenvalue weighted by atomic mass is 10.1. The van der Waals surface area contributed by atoms with E-state index in [2.05, 4.69) is 5.32 Å². The van der Waals surface area contributed by atoms with Gasteiger partial charge >= 0.3 is 5.97 Å². The van der Waals surface area contributed by atoms with Crippen molar-refractivity contribution in [2.24, 2.45) is 0 Å². The smallest absolute Gasteiger partial charge is 0.339 e. The number of amides is 1. The van der Waals surface area contributed by atoms with E-state index in [-0.39, 0.29) is 11.9 Å². The number of carbonyl (C=O) groups is 2. The van der Waals surface area contributed by atoms with E-state index < -0.39 is 12.1 Å². The highest BCUT2D eigenvalue weighted by molar-refractivity contribution is 8.19. The molecule has 1 N–H and O–H groups in total. The van der Waals surface area contributed by atoms with Crippen molar-refractivity contribution in [3.8, 4) is 0 Å². The quantitative estimate of drug-likeness (QED) is 0.732. The van der Waals surface area contributed by atoms with Crippen LogP contribution in [0.4, 0.5) is 0 Å². The first-order valence-electron chi connectivity index (χ1n) is 9.10. The van der Waals surface area contributed by atoms with Crippen LogP contribution in [-0.4, -0.2) is 29.4 Å². The van der Waals surface area contributed by atoms with Gasteiger partial charge in [0, 0.05) is 23.1 Å². The van der Waals surface area contributed by atoms with Crippen LogP contribution < -0.4 is 5.32 Å². The molecule has 4 nitrogen and oxygen atoms in total. The van der Waals surface area contributed by atoms with Gasteiger partial charge in [0.25, 0.3) is 5.91 Å². The average Bonchev–Trinajstić information content (AvgIpc) is 3.35. The van der Waals surface area contributed by atoms with Crippen LogP contribution in [-0.2, 0) is 9.53 Å². The average molecular weight is 400 g/mol. The molecule has 1 saturated carbocycles. The van der Waals surface area contributed by atoms with E-state index in [9.17, 15) is 9.59 Å². The van der Waals surface area contributed by atoms with Crippen LogP contribution in [0.3, 0.4) is 0 Å². The van der Waals surface area contributed by atoms with Crippen LogP contribution in [0.25, 0.3) is 0 Å². The number of ether oxygens (including phenoxy) is 1. The van der Waals surface area contributed by atoms with Crippen LogP contribution in [0, 0.1) is 0 Å². The fourth-order valence-corrected chi connectivity index (χ4v) is 5.77. The molecule has 0 spiro atoms. The minimum Gasteiger partial charge on any atom is -0.444 e. The van der Waals surface area contributed by atoms with Gasteiger partial charge < -0.3 is 10.1 Å². The summed E-state index contributed by atoms with van der Waals surface area (Å²) in [6.45, 7) is 0. The second kappa shape index (κ2) is 8.40. The van der Waals surface area contributed by atoms with Crippen molar-refractivity contribution in [2.75, 3.05) is 11.5 Å². The third-order valence-corrected chi connectivity index (χ3v) is 7.63. The summed E-state index contributed by atoms with van der Waals surface area (Å²) in [5, 5.41) is 2.93. The fraction of sp³-hybridized carbons (Fsp3) is 0.333. The van der Waals surface area contributed by atoms with Gasteiger partial charge in [-0.2, -0.15) is 0 Å². The van der Waals surface area contributed by atoms with Gasteiger partial charge in [0.1, 0.15) is 0 Å². The molecule has 1 aliphatic carbocycles. The SMILES string of the molecule is O=C(O[C@H](C(=O)NC1CC1)c1ccccc1)c1ccc(C2SCCS2)cc1. The lowest BCUT2D eigenvalue weighted by Gasteiger charge is -2.18. The Kier molecular flexibility index (Phi) is 5.74. The summed E-state index contributed by atoms with van der Waals surface area (Å²) in [6.07, 6.45) is 1.04. The number of esters is 1. The maximum absolute atomic E-state index is 12.7. The number of rotatable bonds is 6. The molecule has 2 aromatic carbocycles. The first kappa shape index (κ1) is 18.4. The first-order valence-corrected chi connectivity index (χ1v) is 11.2. The Bertz CT molecular complexity index is 800. The minimum absolute atomic E-state index is 0.211. The normalized spacial score (nSPS) is 18.1. The van der Waals surface area contributed by atoms with E-state index in [0.717, 1.165) is 24.3 Å². The van der Waals surface area contributed by atoms with Gasteiger partial charge in [-0.25, -0.2) is 4.79 Å². The van der Waals surface area contributed by atoms with Gasteiger partial charge in [0.05, 0.1) is 10.1 Å².